The lowest BCUT2D eigenvalue weighted by atomic mass is 10.1. The number of allylic oxidation sites excluding steroid dienone is 15. The first kappa shape index (κ1) is 51.3. The number of ether oxygens (including phenoxy) is 2. The van der Waals surface area contributed by atoms with Crippen LogP contribution >= 0.6 is 7.82 Å². The highest BCUT2D eigenvalue weighted by Crippen LogP contribution is 2.43. The van der Waals surface area contributed by atoms with Crippen molar-refractivity contribution in [3.05, 3.63) is 97.4 Å². The summed E-state index contributed by atoms with van der Waals surface area (Å²) >= 11 is 0. The van der Waals surface area contributed by atoms with E-state index in [1.165, 1.54) is 57.8 Å². The number of hydrogen-bond acceptors (Lipinski definition) is 7. The van der Waals surface area contributed by atoms with E-state index in [0.29, 0.717) is 6.42 Å². The second-order valence-corrected chi connectivity index (χ2v) is 14.6. The molecule has 0 spiro atoms. The summed E-state index contributed by atoms with van der Waals surface area (Å²) < 4.78 is 33.0. The van der Waals surface area contributed by atoms with Crippen LogP contribution in [0.2, 0.25) is 0 Å². The Labute approximate surface area is 330 Å². The van der Waals surface area contributed by atoms with Gasteiger partial charge in [-0.15, -0.1) is 0 Å². The summed E-state index contributed by atoms with van der Waals surface area (Å²) in [5.74, 6) is -0.441. The van der Waals surface area contributed by atoms with Crippen molar-refractivity contribution in [3.63, 3.8) is 0 Å². The number of esters is 1. The molecule has 0 radical (unpaired) electrons. The van der Waals surface area contributed by atoms with Gasteiger partial charge in [0.05, 0.1) is 19.5 Å². The Bertz CT molecular complexity index is 1140. The van der Waals surface area contributed by atoms with Gasteiger partial charge in [-0.05, 0) is 89.5 Å². The van der Waals surface area contributed by atoms with Crippen LogP contribution in [0.25, 0.3) is 0 Å². The van der Waals surface area contributed by atoms with E-state index in [-0.39, 0.29) is 32.8 Å². The Morgan fingerprint density at radius 1 is 0.593 bits per heavy atom. The number of hydrogen-bond donors (Lipinski definition) is 2. The van der Waals surface area contributed by atoms with E-state index in [2.05, 4.69) is 86.8 Å². The maximum absolute atomic E-state index is 12.5. The predicted octanol–water partition coefficient (Wildman–Crippen LogP) is 12.6. The minimum Gasteiger partial charge on any atom is -0.498 e. The van der Waals surface area contributed by atoms with Gasteiger partial charge in [-0.2, -0.15) is 0 Å². The summed E-state index contributed by atoms with van der Waals surface area (Å²) in [7, 11) is -4.32. The van der Waals surface area contributed by atoms with Crippen molar-refractivity contribution in [1.82, 2.24) is 0 Å². The first-order valence-electron chi connectivity index (χ1n) is 20.8. The molecule has 1 unspecified atom stereocenters. The van der Waals surface area contributed by atoms with Crippen LogP contribution in [0, 0.1) is 0 Å². The Morgan fingerprint density at radius 3 is 1.57 bits per heavy atom. The number of phosphoric ester groups is 1. The minimum atomic E-state index is -4.32. The number of phosphoric acid groups is 1. The molecule has 2 atom stereocenters. The summed E-state index contributed by atoms with van der Waals surface area (Å²) in [5.41, 5.74) is 5.35. The summed E-state index contributed by atoms with van der Waals surface area (Å²) in [6.07, 6.45) is 55.3. The Hall–Kier alpha value is -2.74. The van der Waals surface area contributed by atoms with Crippen LogP contribution < -0.4 is 5.73 Å². The van der Waals surface area contributed by atoms with Gasteiger partial charge >= 0.3 is 13.8 Å². The second kappa shape index (κ2) is 41.4. The van der Waals surface area contributed by atoms with Crippen molar-refractivity contribution in [2.24, 2.45) is 5.73 Å². The molecule has 0 aromatic heterocycles. The average Bonchev–Trinajstić information content (AvgIpc) is 3.16. The number of unbranched alkanes of at least 4 members (excludes halogenated alkanes) is 11. The van der Waals surface area contributed by atoms with Crippen LogP contribution in [-0.2, 0) is 27.9 Å². The molecule has 0 aliphatic carbocycles. The van der Waals surface area contributed by atoms with E-state index in [9.17, 15) is 14.3 Å². The number of carbonyl (C=O) groups is 1. The van der Waals surface area contributed by atoms with Gasteiger partial charge in [0.25, 0.3) is 0 Å². The zero-order valence-corrected chi connectivity index (χ0v) is 34.8. The van der Waals surface area contributed by atoms with Gasteiger partial charge in [0.2, 0.25) is 0 Å². The van der Waals surface area contributed by atoms with E-state index < -0.39 is 19.9 Å². The zero-order valence-electron chi connectivity index (χ0n) is 33.9. The third kappa shape index (κ3) is 40.4. The van der Waals surface area contributed by atoms with Crippen molar-refractivity contribution in [3.8, 4) is 0 Å². The molecule has 3 N–H and O–H groups in total. The SMILES string of the molecule is CC/C=C\C/C=C\C/C=C\C/C=C\C/C=C\C/C=C\CCC(=O)O[C@H](CO/C=C\CCCCCC/C=C\CCCCCCCC)COP(=O)(O)OCCN. The third-order valence-electron chi connectivity index (χ3n) is 8.06. The van der Waals surface area contributed by atoms with Crippen molar-refractivity contribution in [2.75, 3.05) is 26.4 Å². The molecular weight excluding hydrogens is 697 g/mol. The van der Waals surface area contributed by atoms with Crippen LogP contribution in [0.15, 0.2) is 97.4 Å². The highest BCUT2D eigenvalue weighted by atomic mass is 31.2. The van der Waals surface area contributed by atoms with Gasteiger partial charge in [-0.1, -0.05) is 144 Å². The average molecular weight is 774 g/mol. The topological polar surface area (TPSA) is 117 Å². The molecule has 0 aliphatic rings. The van der Waals surface area contributed by atoms with Gasteiger partial charge in [0.1, 0.15) is 6.61 Å². The lowest BCUT2D eigenvalue weighted by Gasteiger charge is -2.19. The van der Waals surface area contributed by atoms with Gasteiger partial charge < -0.3 is 20.1 Å². The van der Waals surface area contributed by atoms with Crippen LogP contribution in [0.4, 0.5) is 0 Å². The zero-order chi connectivity index (χ0) is 39.5. The van der Waals surface area contributed by atoms with Crippen LogP contribution in [0.3, 0.4) is 0 Å². The molecule has 54 heavy (non-hydrogen) atoms. The van der Waals surface area contributed by atoms with Crippen LogP contribution in [0.1, 0.15) is 149 Å². The van der Waals surface area contributed by atoms with Crippen molar-refractivity contribution in [2.45, 2.75) is 155 Å². The molecule has 0 heterocycles. The second-order valence-electron chi connectivity index (χ2n) is 13.2. The fourth-order valence-electron chi connectivity index (χ4n) is 5.04. The van der Waals surface area contributed by atoms with E-state index in [0.717, 1.165) is 64.2 Å². The van der Waals surface area contributed by atoms with Gasteiger partial charge in [0, 0.05) is 13.0 Å². The standard InChI is InChI=1S/C45H76NO7P/c1-3-5-7-9-11-13-15-17-19-21-22-23-24-26-28-30-32-34-36-38-45(47)53-44(43-52-54(48,49)51-41-39-46)42-50-40-37-35-33-31-29-27-25-20-18-16-14-12-10-8-6-4-2/h5,7,11,13,17-20,22-23,26,28,32,34,37,40,44H,3-4,6,8-10,12,14-16,21,24-25,27,29-31,33,35-36,38-39,41-43,46H2,1-2H3,(H,48,49)/b7-5-,13-11-,19-17-,20-18-,23-22-,28-26-,34-32-,40-37-/t44-/m1/s1. The first-order chi connectivity index (χ1) is 26.4. The smallest absolute Gasteiger partial charge is 0.472 e. The van der Waals surface area contributed by atoms with Crippen molar-refractivity contribution >= 4 is 13.8 Å². The molecule has 0 amide bonds. The fraction of sp³-hybridized carbons (Fsp3) is 0.622. The molecule has 0 saturated carbocycles. The highest BCUT2D eigenvalue weighted by molar-refractivity contribution is 7.47. The molecule has 0 fully saturated rings. The fourth-order valence-corrected chi connectivity index (χ4v) is 5.80. The minimum absolute atomic E-state index is 0.00981. The first-order valence-corrected chi connectivity index (χ1v) is 22.3. The quantitative estimate of drug-likeness (QED) is 0.0209. The molecule has 0 aromatic rings. The van der Waals surface area contributed by atoms with E-state index >= 15 is 0 Å². The number of nitrogens with two attached hydrogens (primary N) is 1. The highest BCUT2D eigenvalue weighted by Gasteiger charge is 2.25. The summed E-state index contributed by atoms with van der Waals surface area (Å²) in [6.45, 7) is 4.00. The monoisotopic (exact) mass is 774 g/mol. The molecule has 9 heteroatoms. The number of rotatable bonds is 38. The van der Waals surface area contributed by atoms with Crippen molar-refractivity contribution in [1.29, 1.82) is 0 Å². The number of carbonyl (C=O) groups excluding carboxylic acids is 1. The molecule has 0 bridgehead atoms. The van der Waals surface area contributed by atoms with E-state index in [4.69, 9.17) is 24.3 Å². The molecule has 8 nitrogen and oxygen atoms in total. The lowest BCUT2D eigenvalue weighted by Crippen LogP contribution is -2.27. The molecule has 0 aliphatic heterocycles. The molecule has 0 aromatic carbocycles. The third-order valence-corrected chi connectivity index (χ3v) is 9.05. The van der Waals surface area contributed by atoms with Gasteiger partial charge in [-0.3, -0.25) is 13.8 Å². The molecule has 308 valence electrons. The van der Waals surface area contributed by atoms with Gasteiger partial charge in [-0.25, -0.2) is 4.57 Å². The Kier molecular flexibility index (Phi) is 39.3. The summed E-state index contributed by atoms with van der Waals surface area (Å²) in [4.78, 5) is 22.4. The van der Waals surface area contributed by atoms with Crippen LogP contribution in [0.5, 0.6) is 0 Å². The Morgan fingerprint density at radius 2 is 1.06 bits per heavy atom. The Balaban J connectivity index is 4.29. The summed E-state index contributed by atoms with van der Waals surface area (Å²) in [6, 6.07) is 0. The van der Waals surface area contributed by atoms with Crippen molar-refractivity contribution < 1.29 is 32.8 Å². The van der Waals surface area contributed by atoms with E-state index in [1.54, 1.807) is 6.26 Å². The maximum atomic E-state index is 12.5. The van der Waals surface area contributed by atoms with Gasteiger partial charge in [0.15, 0.2) is 6.10 Å². The van der Waals surface area contributed by atoms with Crippen LogP contribution in [-0.4, -0.2) is 43.3 Å². The summed E-state index contributed by atoms with van der Waals surface area (Å²) in [5, 5.41) is 0. The molecule has 0 saturated heterocycles. The van der Waals surface area contributed by atoms with E-state index in [1.807, 2.05) is 18.2 Å². The predicted molar refractivity (Wildman–Crippen MR) is 228 cm³/mol. The molecular formula is C45H76NO7P. The lowest BCUT2D eigenvalue weighted by molar-refractivity contribution is -0.153. The maximum Gasteiger partial charge on any atom is 0.472 e. The normalized spacial score (nSPS) is 14.4. The molecule has 0 rings (SSSR count). The largest absolute Gasteiger partial charge is 0.498 e.